The molecule has 0 radical (unpaired) electrons. The number of rotatable bonds is 3. The molecule has 0 N–H and O–H groups in total. The lowest BCUT2D eigenvalue weighted by Gasteiger charge is -2.09. The summed E-state index contributed by atoms with van der Waals surface area (Å²) in [6, 6.07) is 0.641. The number of nitro benzene ring substituents is 1. The van der Waals surface area contributed by atoms with Gasteiger partial charge in [0, 0.05) is 12.1 Å². The first-order chi connectivity index (χ1) is 8.45. The molecule has 106 valence electrons. The molecule has 1 rings (SSSR count). The van der Waals surface area contributed by atoms with Crippen LogP contribution in [0.1, 0.15) is 0 Å². The van der Waals surface area contributed by atoms with E-state index >= 15 is 0 Å². The highest BCUT2D eigenvalue weighted by Gasteiger charge is 2.49. The Kier molecular flexibility index (Phi) is 4.05. The second-order valence-electron chi connectivity index (χ2n) is 2.97. The number of hydrogen-bond donors (Lipinski definition) is 0. The third kappa shape index (κ3) is 3.32. The lowest BCUT2D eigenvalue weighted by atomic mass is 10.3. The predicted octanol–water partition coefficient (Wildman–Crippen LogP) is 2.72. The van der Waals surface area contributed by atoms with Crippen molar-refractivity contribution >= 4 is 31.7 Å². The zero-order valence-corrected chi connectivity index (χ0v) is 10.8. The minimum Gasteiger partial charge on any atom is -0.369 e. The molecule has 0 aromatic heterocycles. The molecule has 0 saturated carbocycles. The molecule has 0 unspecified atom stereocenters. The van der Waals surface area contributed by atoms with E-state index in [0.717, 1.165) is 0 Å². The van der Waals surface area contributed by atoms with Gasteiger partial charge in [-0.2, -0.15) is 21.6 Å². The van der Waals surface area contributed by atoms with E-state index in [1.807, 2.05) is 0 Å². The Morgan fingerprint density at radius 2 is 1.84 bits per heavy atom. The Balaban J connectivity index is 3.37. The van der Waals surface area contributed by atoms with Gasteiger partial charge in [-0.05, 0) is 15.9 Å². The fourth-order valence-corrected chi connectivity index (χ4v) is 1.69. The molecule has 0 aliphatic heterocycles. The molecule has 0 spiro atoms. The van der Waals surface area contributed by atoms with Gasteiger partial charge in [-0.1, -0.05) is 0 Å². The van der Waals surface area contributed by atoms with Crippen molar-refractivity contribution in [2.45, 2.75) is 5.51 Å². The predicted molar refractivity (Wildman–Crippen MR) is 56.4 cm³/mol. The summed E-state index contributed by atoms with van der Waals surface area (Å²) in [5, 5.41) is 10.5. The summed E-state index contributed by atoms with van der Waals surface area (Å²) < 4.78 is 73.7. The van der Waals surface area contributed by atoms with Gasteiger partial charge in [-0.3, -0.25) is 10.1 Å². The summed E-state index contributed by atoms with van der Waals surface area (Å²) in [6.07, 6.45) is 0. The average molecular weight is 368 g/mol. The minimum atomic E-state index is -6.12. The van der Waals surface area contributed by atoms with E-state index in [-0.39, 0.29) is 6.07 Å². The van der Waals surface area contributed by atoms with Crippen LogP contribution in [-0.4, -0.2) is 18.8 Å². The molecule has 0 bridgehead atoms. The average Bonchev–Trinajstić information content (AvgIpc) is 2.20. The molecule has 0 amide bonds. The number of nitro groups is 1. The van der Waals surface area contributed by atoms with Gasteiger partial charge >= 0.3 is 21.3 Å². The molecule has 0 aliphatic rings. The van der Waals surface area contributed by atoms with Crippen LogP contribution < -0.4 is 4.18 Å². The van der Waals surface area contributed by atoms with Crippen LogP contribution >= 0.6 is 15.9 Å². The summed E-state index contributed by atoms with van der Waals surface area (Å²) in [4.78, 5) is 9.31. The largest absolute Gasteiger partial charge is 0.534 e. The highest BCUT2D eigenvalue weighted by Crippen LogP contribution is 2.36. The van der Waals surface area contributed by atoms with Crippen molar-refractivity contribution in [3.8, 4) is 5.75 Å². The van der Waals surface area contributed by atoms with Crippen molar-refractivity contribution in [1.29, 1.82) is 0 Å². The normalized spacial score (nSPS) is 12.3. The summed E-state index contributed by atoms with van der Waals surface area (Å²) in [5.74, 6) is -2.60. The molecular weight excluding hydrogens is 366 g/mol. The van der Waals surface area contributed by atoms with E-state index in [9.17, 15) is 36.1 Å². The zero-order valence-electron chi connectivity index (χ0n) is 8.44. The summed E-state index contributed by atoms with van der Waals surface area (Å²) in [5.41, 5.74) is -6.93. The first-order valence-electron chi connectivity index (χ1n) is 4.10. The minimum absolute atomic E-state index is 0.158. The van der Waals surface area contributed by atoms with Crippen molar-refractivity contribution in [3.05, 3.63) is 32.5 Å². The Morgan fingerprint density at radius 1 is 1.32 bits per heavy atom. The molecular formula is C7H2BrF4NO5S. The quantitative estimate of drug-likeness (QED) is 0.269. The number of halogens is 5. The number of nitrogens with zero attached hydrogens (tertiary/aromatic N) is 1. The monoisotopic (exact) mass is 367 g/mol. The first-order valence-corrected chi connectivity index (χ1v) is 6.30. The van der Waals surface area contributed by atoms with Crippen molar-refractivity contribution in [2.75, 3.05) is 0 Å². The van der Waals surface area contributed by atoms with Crippen molar-refractivity contribution in [3.63, 3.8) is 0 Å². The topological polar surface area (TPSA) is 86.5 Å². The van der Waals surface area contributed by atoms with Crippen LogP contribution in [0.15, 0.2) is 16.6 Å². The Labute approximate surface area is 111 Å². The first kappa shape index (κ1) is 15.6. The third-order valence-electron chi connectivity index (χ3n) is 1.68. The standard InChI is InChI=1S/C7H2BrF4NO5S/c8-3-1-5(13(14)15)6(2-4(3)9)18-19(16,17)7(10,11)12/h1-2H. The van der Waals surface area contributed by atoms with Gasteiger partial charge < -0.3 is 4.18 Å². The SMILES string of the molecule is O=[N+]([O-])c1cc(Br)c(F)cc1OS(=O)(=O)C(F)(F)F. The van der Waals surface area contributed by atoms with E-state index in [2.05, 4.69) is 20.1 Å². The molecule has 19 heavy (non-hydrogen) atoms. The lowest BCUT2D eigenvalue weighted by Crippen LogP contribution is -2.28. The van der Waals surface area contributed by atoms with Crippen LogP contribution in [0, 0.1) is 15.9 Å². The van der Waals surface area contributed by atoms with Gasteiger partial charge in [0.2, 0.25) is 5.75 Å². The number of alkyl halides is 3. The fraction of sp³-hybridized carbons (Fsp3) is 0.143. The fourth-order valence-electron chi connectivity index (χ4n) is 0.893. The third-order valence-corrected chi connectivity index (χ3v) is 3.26. The maximum atomic E-state index is 13.1. The van der Waals surface area contributed by atoms with Crippen molar-refractivity contribution in [1.82, 2.24) is 0 Å². The Hall–Kier alpha value is -1.43. The number of benzene rings is 1. The molecule has 0 aliphatic carbocycles. The van der Waals surface area contributed by atoms with E-state index in [1.165, 1.54) is 0 Å². The maximum absolute atomic E-state index is 13.1. The second-order valence-corrected chi connectivity index (χ2v) is 5.37. The van der Waals surface area contributed by atoms with E-state index < -0.39 is 42.3 Å². The number of hydrogen-bond acceptors (Lipinski definition) is 5. The van der Waals surface area contributed by atoms with Gasteiger partial charge in [-0.25, -0.2) is 4.39 Å². The van der Waals surface area contributed by atoms with E-state index in [1.54, 1.807) is 0 Å². The Morgan fingerprint density at radius 3 is 2.26 bits per heavy atom. The molecule has 0 heterocycles. The molecule has 12 heteroatoms. The molecule has 6 nitrogen and oxygen atoms in total. The molecule has 0 saturated heterocycles. The van der Waals surface area contributed by atoms with Gasteiger partial charge in [0.1, 0.15) is 5.82 Å². The maximum Gasteiger partial charge on any atom is 0.534 e. The molecule has 0 atom stereocenters. The summed E-state index contributed by atoms with van der Waals surface area (Å²) in [6.45, 7) is 0. The Bertz CT molecular complexity index is 629. The lowest BCUT2D eigenvalue weighted by molar-refractivity contribution is -0.385. The van der Waals surface area contributed by atoms with E-state index in [4.69, 9.17) is 0 Å². The highest BCUT2D eigenvalue weighted by molar-refractivity contribution is 9.10. The van der Waals surface area contributed by atoms with Crippen molar-refractivity contribution < 1.29 is 35.1 Å². The molecule has 1 aromatic rings. The molecule has 0 fully saturated rings. The van der Waals surface area contributed by atoms with Crippen LogP contribution in [-0.2, 0) is 10.1 Å². The highest BCUT2D eigenvalue weighted by atomic mass is 79.9. The summed E-state index contributed by atoms with van der Waals surface area (Å²) in [7, 11) is -6.12. The second kappa shape index (κ2) is 4.92. The smallest absolute Gasteiger partial charge is 0.369 e. The van der Waals surface area contributed by atoms with Gasteiger partial charge in [-0.15, -0.1) is 0 Å². The van der Waals surface area contributed by atoms with Gasteiger partial charge in [0.05, 0.1) is 9.40 Å². The van der Waals surface area contributed by atoms with Crippen molar-refractivity contribution in [2.24, 2.45) is 0 Å². The van der Waals surface area contributed by atoms with Crippen LogP contribution in [0.3, 0.4) is 0 Å². The van der Waals surface area contributed by atoms with Crippen LogP contribution in [0.2, 0.25) is 0 Å². The van der Waals surface area contributed by atoms with Crippen LogP contribution in [0.4, 0.5) is 23.2 Å². The molecule has 1 aromatic carbocycles. The summed E-state index contributed by atoms with van der Waals surface area (Å²) >= 11 is 2.56. The van der Waals surface area contributed by atoms with Gasteiger partial charge in [0.15, 0.2) is 0 Å². The van der Waals surface area contributed by atoms with Crippen LogP contribution in [0.5, 0.6) is 5.75 Å². The van der Waals surface area contributed by atoms with E-state index in [0.29, 0.717) is 6.07 Å². The van der Waals surface area contributed by atoms with Crippen LogP contribution in [0.25, 0.3) is 0 Å². The zero-order chi connectivity index (χ0) is 15.0. The van der Waals surface area contributed by atoms with Gasteiger partial charge in [0.25, 0.3) is 0 Å².